The van der Waals surface area contributed by atoms with Crippen LogP contribution >= 0.6 is 0 Å². The fourth-order valence-corrected chi connectivity index (χ4v) is 5.71. The minimum atomic E-state index is 0.239. The molecule has 0 spiro atoms. The van der Waals surface area contributed by atoms with E-state index in [1.165, 1.54) is 57.6 Å². The molecule has 164 valence electrons. The summed E-state index contributed by atoms with van der Waals surface area (Å²) >= 11 is 0. The van der Waals surface area contributed by atoms with Crippen LogP contribution in [0.4, 0.5) is 0 Å². The van der Waals surface area contributed by atoms with E-state index in [1.807, 2.05) is 6.07 Å². The zero-order valence-corrected chi connectivity index (χ0v) is 19.7. The summed E-state index contributed by atoms with van der Waals surface area (Å²) in [6.45, 7) is 15.6. The Bertz CT molecular complexity index is 708. The van der Waals surface area contributed by atoms with Crippen LogP contribution in [0.25, 0.3) is 11.0 Å². The number of rotatable bonds is 13. The highest BCUT2D eigenvalue weighted by Crippen LogP contribution is 2.47. The monoisotopic (exact) mass is 400 g/mol. The van der Waals surface area contributed by atoms with E-state index in [0.29, 0.717) is 5.41 Å². The van der Waals surface area contributed by atoms with Crippen molar-refractivity contribution in [2.75, 3.05) is 0 Å². The molecule has 3 heteroatoms. The van der Waals surface area contributed by atoms with Crippen molar-refractivity contribution in [3.05, 3.63) is 24.5 Å². The molecule has 0 atom stereocenters. The van der Waals surface area contributed by atoms with Gasteiger partial charge >= 0.3 is 0 Å². The van der Waals surface area contributed by atoms with E-state index >= 15 is 0 Å². The molecule has 0 amide bonds. The third-order valence-electron chi connectivity index (χ3n) is 7.32. The van der Waals surface area contributed by atoms with Gasteiger partial charge in [-0.2, -0.15) is 0 Å². The number of hydrogen-bond acceptors (Lipinski definition) is 2. The SMILES string of the molecule is CC(C)C(CCCCCCCCCn1ccc2cc(O)cnc21)(C(C)C)C(C)C. The molecule has 0 fully saturated rings. The van der Waals surface area contributed by atoms with E-state index in [1.54, 1.807) is 6.07 Å². The third-order valence-corrected chi connectivity index (χ3v) is 7.32. The molecular formula is C26H44N2O. The van der Waals surface area contributed by atoms with E-state index in [-0.39, 0.29) is 5.75 Å². The molecule has 2 aromatic rings. The second kappa shape index (κ2) is 11.0. The van der Waals surface area contributed by atoms with E-state index in [4.69, 9.17) is 0 Å². The fourth-order valence-electron chi connectivity index (χ4n) is 5.71. The van der Waals surface area contributed by atoms with Crippen LogP contribution in [0.5, 0.6) is 5.75 Å². The van der Waals surface area contributed by atoms with Crippen molar-refractivity contribution in [3.8, 4) is 5.75 Å². The lowest BCUT2D eigenvalue weighted by Crippen LogP contribution is -2.38. The Morgan fingerprint density at radius 1 is 0.862 bits per heavy atom. The van der Waals surface area contributed by atoms with Gasteiger partial charge in [-0.25, -0.2) is 4.98 Å². The van der Waals surface area contributed by atoms with Gasteiger partial charge in [-0.1, -0.05) is 80.1 Å². The van der Waals surface area contributed by atoms with Crippen LogP contribution in [0.15, 0.2) is 24.5 Å². The highest BCUT2D eigenvalue weighted by atomic mass is 16.3. The first-order valence-corrected chi connectivity index (χ1v) is 11.9. The van der Waals surface area contributed by atoms with Gasteiger partial charge in [-0.15, -0.1) is 0 Å². The van der Waals surface area contributed by atoms with Crippen LogP contribution in [0, 0.1) is 23.2 Å². The molecule has 0 unspecified atom stereocenters. The number of fused-ring (bicyclic) bond motifs is 1. The van der Waals surface area contributed by atoms with Crippen molar-refractivity contribution in [2.45, 2.75) is 99.5 Å². The average Bonchev–Trinajstić information content (AvgIpc) is 3.04. The lowest BCUT2D eigenvalue weighted by molar-refractivity contribution is 0.0356. The van der Waals surface area contributed by atoms with Crippen molar-refractivity contribution in [1.82, 2.24) is 9.55 Å². The molecular weight excluding hydrogens is 356 g/mol. The zero-order valence-electron chi connectivity index (χ0n) is 19.7. The summed E-state index contributed by atoms with van der Waals surface area (Å²) in [5, 5.41) is 10.5. The Labute approximate surface area is 178 Å². The lowest BCUT2D eigenvalue weighted by atomic mass is 9.60. The maximum absolute atomic E-state index is 9.53. The second-order valence-corrected chi connectivity index (χ2v) is 9.92. The Morgan fingerprint density at radius 3 is 2.00 bits per heavy atom. The van der Waals surface area contributed by atoms with Gasteiger partial charge in [0.25, 0.3) is 0 Å². The van der Waals surface area contributed by atoms with E-state index in [2.05, 4.69) is 57.3 Å². The van der Waals surface area contributed by atoms with Gasteiger partial charge in [0.2, 0.25) is 0 Å². The molecule has 0 aliphatic carbocycles. The molecule has 29 heavy (non-hydrogen) atoms. The molecule has 0 saturated heterocycles. The predicted molar refractivity (Wildman–Crippen MR) is 125 cm³/mol. The van der Waals surface area contributed by atoms with Crippen molar-refractivity contribution in [2.24, 2.45) is 23.2 Å². The van der Waals surface area contributed by atoms with Crippen LogP contribution in [0.3, 0.4) is 0 Å². The summed E-state index contributed by atoms with van der Waals surface area (Å²) in [7, 11) is 0. The summed E-state index contributed by atoms with van der Waals surface area (Å²) in [5.74, 6) is 2.50. The number of hydrogen-bond donors (Lipinski definition) is 1. The smallest absolute Gasteiger partial charge is 0.140 e. The van der Waals surface area contributed by atoms with E-state index in [9.17, 15) is 5.11 Å². The van der Waals surface area contributed by atoms with Crippen LogP contribution in [-0.2, 0) is 6.54 Å². The van der Waals surface area contributed by atoms with E-state index < -0.39 is 0 Å². The number of pyridine rings is 1. The second-order valence-electron chi connectivity index (χ2n) is 9.92. The predicted octanol–water partition coefficient (Wildman–Crippen LogP) is 7.82. The highest BCUT2D eigenvalue weighted by molar-refractivity contribution is 5.77. The van der Waals surface area contributed by atoms with Crippen LogP contribution in [0.2, 0.25) is 0 Å². The molecule has 2 aromatic heterocycles. The van der Waals surface area contributed by atoms with Crippen molar-refractivity contribution in [3.63, 3.8) is 0 Å². The Morgan fingerprint density at radius 2 is 1.41 bits per heavy atom. The third kappa shape index (κ3) is 5.99. The van der Waals surface area contributed by atoms with Crippen molar-refractivity contribution < 1.29 is 5.11 Å². The molecule has 3 nitrogen and oxygen atoms in total. The first-order valence-electron chi connectivity index (χ1n) is 11.9. The van der Waals surface area contributed by atoms with Gasteiger partial charge in [0.1, 0.15) is 11.4 Å². The topological polar surface area (TPSA) is 38.0 Å². The summed E-state index contributed by atoms with van der Waals surface area (Å²) in [6.07, 6.45) is 14.3. The number of nitrogens with zero attached hydrogens (tertiary/aromatic N) is 2. The summed E-state index contributed by atoms with van der Waals surface area (Å²) < 4.78 is 2.21. The maximum Gasteiger partial charge on any atom is 0.140 e. The molecule has 1 N–H and O–H groups in total. The molecule has 0 saturated carbocycles. The summed E-state index contributed by atoms with van der Waals surface area (Å²) in [4.78, 5) is 4.36. The minimum Gasteiger partial charge on any atom is -0.506 e. The number of aromatic nitrogens is 2. The zero-order chi connectivity index (χ0) is 21.4. The minimum absolute atomic E-state index is 0.239. The number of unbranched alkanes of at least 4 members (excludes halogenated alkanes) is 6. The molecule has 0 aliphatic heterocycles. The molecule has 2 heterocycles. The standard InChI is InChI=1S/C26H44N2O/c1-20(2)26(21(3)4,22(5)6)15-12-10-8-7-9-11-13-16-28-17-14-23-18-24(29)19-27-25(23)28/h14,17-22,29H,7-13,15-16H2,1-6H3. The van der Waals surface area contributed by atoms with E-state index in [0.717, 1.165) is 35.3 Å². The maximum atomic E-state index is 9.53. The lowest BCUT2D eigenvalue weighted by Gasteiger charge is -2.45. The fraction of sp³-hybridized carbons (Fsp3) is 0.731. The summed E-state index contributed by atoms with van der Waals surface area (Å²) in [5.41, 5.74) is 1.47. The summed E-state index contributed by atoms with van der Waals surface area (Å²) in [6, 6.07) is 3.82. The van der Waals surface area contributed by atoms with Gasteiger partial charge < -0.3 is 9.67 Å². The quantitative estimate of drug-likeness (QED) is 0.348. The molecule has 0 radical (unpaired) electrons. The first-order chi connectivity index (χ1) is 13.8. The van der Waals surface area contributed by atoms with Gasteiger partial charge in [0, 0.05) is 18.1 Å². The van der Waals surface area contributed by atoms with Crippen molar-refractivity contribution >= 4 is 11.0 Å². The molecule has 0 bridgehead atoms. The number of aryl methyl sites for hydroxylation is 1. The average molecular weight is 401 g/mol. The molecule has 0 aromatic carbocycles. The Kier molecular flexibility index (Phi) is 9.04. The Balaban J connectivity index is 1.62. The van der Waals surface area contributed by atoms with Crippen LogP contribution < -0.4 is 0 Å². The first kappa shape index (κ1) is 23.8. The van der Waals surface area contributed by atoms with Gasteiger partial charge in [0.05, 0.1) is 6.20 Å². The van der Waals surface area contributed by atoms with Gasteiger partial charge in [-0.3, -0.25) is 0 Å². The Hall–Kier alpha value is -1.51. The normalized spacial score (nSPS) is 12.7. The largest absolute Gasteiger partial charge is 0.506 e. The molecule has 0 aliphatic rings. The van der Waals surface area contributed by atoms with Crippen LogP contribution in [0.1, 0.15) is 92.9 Å². The van der Waals surface area contributed by atoms with Crippen molar-refractivity contribution in [1.29, 1.82) is 0 Å². The highest BCUT2D eigenvalue weighted by Gasteiger charge is 2.39. The molecule has 2 rings (SSSR count). The van der Waals surface area contributed by atoms with Crippen LogP contribution in [-0.4, -0.2) is 14.7 Å². The van der Waals surface area contributed by atoms with Gasteiger partial charge in [-0.05, 0) is 48.1 Å². The van der Waals surface area contributed by atoms with Gasteiger partial charge in [0.15, 0.2) is 0 Å². The number of aromatic hydroxyl groups is 1.